The summed E-state index contributed by atoms with van der Waals surface area (Å²) in [5, 5.41) is 8.32. The predicted molar refractivity (Wildman–Crippen MR) is 98.9 cm³/mol. The van der Waals surface area contributed by atoms with Crippen LogP contribution in [0.3, 0.4) is 0 Å². The van der Waals surface area contributed by atoms with E-state index in [1.165, 1.54) is 0 Å². The lowest BCUT2D eigenvalue weighted by Crippen LogP contribution is -2.48. The second-order valence-electron chi connectivity index (χ2n) is 6.73. The largest absolute Gasteiger partial charge is 0.461 e. The third-order valence-electron chi connectivity index (χ3n) is 4.94. The molecule has 0 saturated carbocycles. The van der Waals surface area contributed by atoms with Crippen molar-refractivity contribution in [1.82, 2.24) is 24.8 Å². The van der Waals surface area contributed by atoms with Crippen LogP contribution in [0, 0.1) is 6.92 Å². The van der Waals surface area contributed by atoms with E-state index in [2.05, 4.69) is 15.2 Å². The van der Waals surface area contributed by atoms with Crippen LogP contribution in [0.1, 0.15) is 27.9 Å². The lowest BCUT2D eigenvalue weighted by atomic mass is 9.99. The number of aromatic nitrogens is 4. The van der Waals surface area contributed by atoms with Gasteiger partial charge in [-0.1, -0.05) is 23.4 Å². The van der Waals surface area contributed by atoms with Crippen molar-refractivity contribution in [3.05, 3.63) is 72.1 Å². The number of hydrogen-bond donors (Lipinski definition) is 0. The molecule has 8 heteroatoms. The SMILES string of the molecule is Cc1c(C(=O)N2CC(c3nc(-c4ccco4)no3)C2)cnn1-c1ccccc1. The van der Waals surface area contributed by atoms with Crippen LogP contribution in [0.4, 0.5) is 0 Å². The maximum Gasteiger partial charge on any atom is 0.257 e. The summed E-state index contributed by atoms with van der Waals surface area (Å²) in [5.74, 6) is 1.49. The van der Waals surface area contributed by atoms with Gasteiger partial charge in [0.25, 0.3) is 5.91 Å². The summed E-state index contributed by atoms with van der Waals surface area (Å²) in [6.07, 6.45) is 3.19. The zero-order chi connectivity index (χ0) is 19.1. The summed E-state index contributed by atoms with van der Waals surface area (Å²) >= 11 is 0. The molecule has 0 bridgehead atoms. The zero-order valence-corrected chi connectivity index (χ0v) is 15.1. The number of hydrogen-bond acceptors (Lipinski definition) is 6. The smallest absolute Gasteiger partial charge is 0.257 e. The van der Waals surface area contributed by atoms with Crippen molar-refractivity contribution >= 4 is 5.91 Å². The number of benzene rings is 1. The first-order chi connectivity index (χ1) is 13.7. The zero-order valence-electron chi connectivity index (χ0n) is 15.1. The molecule has 1 saturated heterocycles. The monoisotopic (exact) mass is 375 g/mol. The van der Waals surface area contributed by atoms with E-state index >= 15 is 0 Å². The molecule has 0 spiro atoms. The van der Waals surface area contributed by atoms with E-state index in [1.807, 2.05) is 37.3 Å². The van der Waals surface area contributed by atoms with E-state index < -0.39 is 0 Å². The molecule has 5 rings (SSSR count). The van der Waals surface area contributed by atoms with Gasteiger partial charge in [0, 0.05) is 13.1 Å². The minimum atomic E-state index is -0.0401. The molecule has 1 aliphatic rings. The number of nitrogens with zero attached hydrogens (tertiary/aromatic N) is 5. The lowest BCUT2D eigenvalue weighted by molar-refractivity contribution is 0.0568. The first kappa shape index (κ1) is 16.5. The van der Waals surface area contributed by atoms with Crippen LogP contribution in [0.25, 0.3) is 17.3 Å². The predicted octanol–water partition coefficient (Wildman–Crippen LogP) is 3.06. The fraction of sp³-hybridized carbons (Fsp3) is 0.200. The highest BCUT2D eigenvalue weighted by Crippen LogP contribution is 2.29. The minimum Gasteiger partial charge on any atom is -0.461 e. The number of carbonyl (C=O) groups excluding carboxylic acids is 1. The first-order valence-corrected chi connectivity index (χ1v) is 8.97. The maximum atomic E-state index is 12.9. The van der Waals surface area contributed by atoms with Gasteiger partial charge in [0.05, 0.1) is 35.3 Å². The van der Waals surface area contributed by atoms with Crippen molar-refractivity contribution in [2.75, 3.05) is 13.1 Å². The number of rotatable bonds is 4. The third-order valence-corrected chi connectivity index (χ3v) is 4.94. The Morgan fingerprint density at radius 2 is 1.96 bits per heavy atom. The van der Waals surface area contributed by atoms with Gasteiger partial charge in [0.15, 0.2) is 5.76 Å². The molecule has 0 radical (unpaired) electrons. The highest BCUT2D eigenvalue weighted by molar-refractivity contribution is 5.95. The fourth-order valence-electron chi connectivity index (χ4n) is 3.33. The number of likely N-dealkylation sites (tertiary alicyclic amines) is 1. The summed E-state index contributed by atoms with van der Waals surface area (Å²) in [7, 11) is 0. The Morgan fingerprint density at radius 1 is 1.14 bits per heavy atom. The number of carbonyl (C=O) groups is 1. The number of para-hydroxylation sites is 1. The molecule has 4 aromatic rings. The molecular weight excluding hydrogens is 358 g/mol. The van der Waals surface area contributed by atoms with Gasteiger partial charge in [-0.3, -0.25) is 4.79 Å². The molecule has 8 nitrogen and oxygen atoms in total. The fourth-order valence-corrected chi connectivity index (χ4v) is 3.33. The molecule has 0 atom stereocenters. The molecule has 3 aromatic heterocycles. The third kappa shape index (κ3) is 2.70. The summed E-state index contributed by atoms with van der Waals surface area (Å²) in [6, 6.07) is 13.3. The van der Waals surface area contributed by atoms with Crippen LogP contribution < -0.4 is 0 Å². The van der Waals surface area contributed by atoms with Crippen molar-refractivity contribution in [2.24, 2.45) is 0 Å². The second-order valence-corrected chi connectivity index (χ2v) is 6.73. The van der Waals surface area contributed by atoms with Crippen molar-refractivity contribution in [2.45, 2.75) is 12.8 Å². The number of amides is 1. The van der Waals surface area contributed by atoms with E-state index in [4.69, 9.17) is 8.94 Å². The van der Waals surface area contributed by atoms with Gasteiger partial charge >= 0.3 is 0 Å². The van der Waals surface area contributed by atoms with E-state index in [1.54, 1.807) is 34.2 Å². The first-order valence-electron chi connectivity index (χ1n) is 8.97. The average molecular weight is 375 g/mol. The molecule has 4 heterocycles. The topological polar surface area (TPSA) is 90.2 Å². The lowest BCUT2D eigenvalue weighted by Gasteiger charge is -2.36. The Kier molecular flexibility index (Phi) is 3.82. The van der Waals surface area contributed by atoms with Gasteiger partial charge in [-0.15, -0.1) is 0 Å². The molecule has 0 aliphatic carbocycles. The summed E-state index contributed by atoms with van der Waals surface area (Å²) in [4.78, 5) is 19.0. The van der Waals surface area contributed by atoms with Crippen LogP contribution in [0.2, 0.25) is 0 Å². The van der Waals surface area contributed by atoms with Crippen molar-refractivity contribution in [3.8, 4) is 17.3 Å². The Balaban J connectivity index is 1.28. The quantitative estimate of drug-likeness (QED) is 0.544. The normalized spacial score (nSPS) is 14.2. The van der Waals surface area contributed by atoms with Gasteiger partial charge in [0.2, 0.25) is 11.7 Å². The molecule has 1 aromatic carbocycles. The van der Waals surface area contributed by atoms with E-state index in [-0.39, 0.29) is 11.8 Å². The second kappa shape index (κ2) is 6.49. The van der Waals surface area contributed by atoms with E-state index in [0.29, 0.717) is 36.1 Å². The Morgan fingerprint density at radius 3 is 2.71 bits per heavy atom. The molecule has 1 aliphatic heterocycles. The Bertz CT molecular complexity index is 1110. The van der Waals surface area contributed by atoms with Crippen molar-refractivity contribution in [1.29, 1.82) is 0 Å². The van der Waals surface area contributed by atoms with Crippen LogP contribution in [0.5, 0.6) is 0 Å². The highest BCUT2D eigenvalue weighted by Gasteiger charge is 2.37. The highest BCUT2D eigenvalue weighted by atomic mass is 16.5. The molecule has 1 amide bonds. The van der Waals surface area contributed by atoms with Gasteiger partial charge in [-0.05, 0) is 31.2 Å². The van der Waals surface area contributed by atoms with Crippen LogP contribution in [0.15, 0.2) is 63.9 Å². The standard InChI is InChI=1S/C20H17N5O3/c1-13-16(10-21-25(13)15-6-3-2-4-7-15)20(26)24-11-14(12-24)19-22-18(23-28-19)17-8-5-9-27-17/h2-10,14H,11-12H2,1H3. The van der Waals surface area contributed by atoms with Crippen LogP contribution in [-0.2, 0) is 0 Å². The summed E-state index contributed by atoms with van der Waals surface area (Å²) in [5.41, 5.74) is 2.35. The summed E-state index contributed by atoms with van der Waals surface area (Å²) in [6.45, 7) is 2.97. The van der Waals surface area contributed by atoms with Crippen molar-refractivity contribution < 1.29 is 13.7 Å². The molecule has 28 heavy (non-hydrogen) atoms. The molecule has 0 N–H and O–H groups in total. The number of furan rings is 1. The van der Waals surface area contributed by atoms with Crippen molar-refractivity contribution in [3.63, 3.8) is 0 Å². The van der Waals surface area contributed by atoms with E-state index in [9.17, 15) is 4.79 Å². The molecule has 1 fully saturated rings. The van der Waals surface area contributed by atoms with Gasteiger partial charge in [-0.25, -0.2) is 4.68 Å². The molecule has 0 unspecified atom stereocenters. The molecular formula is C20H17N5O3. The van der Waals surface area contributed by atoms with E-state index in [0.717, 1.165) is 11.4 Å². The average Bonchev–Trinajstić information content (AvgIpc) is 3.42. The summed E-state index contributed by atoms with van der Waals surface area (Å²) < 4.78 is 12.4. The van der Waals surface area contributed by atoms with Gasteiger partial charge in [-0.2, -0.15) is 10.1 Å². The molecule has 140 valence electrons. The minimum absolute atomic E-state index is 0.0321. The Labute approximate surface area is 160 Å². The van der Waals surface area contributed by atoms with Crippen LogP contribution >= 0.6 is 0 Å². The maximum absolute atomic E-state index is 12.9. The van der Waals surface area contributed by atoms with Gasteiger partial charge < -0.3 is 13.8 Å². The van der Waals surface area contributed by atoms with Crippen LogP contribution in [-0.4, -0.2) is 43.8 Å². The van der Waals surface area contributed by atoms with Gasteiger partial charge in [0.1, 0.15) is 0 Å². The Hall–Kier alpha value is -3.68.